The molecule has 19 heavy (non-hydrogen) atoms. The first-order valence-electron chi connectivity index (χ1n) is 5.91. The van der Waals surface area contributed by atoms with Crippen molar-refractivity contribution in [2.75, 3.05) is 0 Å². The van der Waals surface area contributed by atoms with Gasteiger partial charge in [0.05, 0.1) is 17.5 Å². The quantitative estimate of drug-likeness (QED) is 0.927. The summed E-state index contributed by atoms with van der Waals surface area (Å²) in [5.74, 6) is -1.83. The van der Waals surface area contributed by atoms with E-state index in [2.05, 4.69) is 10.2 Å². The van der Waals surface area contributed by atoms with E-state index in [0.717, 1.165) is 6.07 Å². The topological polar surface area (TPSA) is 46.0 Å². The number of hydrogen-bond acceptors (Lipinski definition) is 3. The van der Waals surface area contributed by atoms with Crippen LogP contribution in [-0.4, -0.2) is 15.3 Å². The highest BCUT2D eigenvalue weighted by molar-refractivity contribution is 5.26. The molecule has 3 nitrogen and oxygen atoms in total. The molecule has 0 saturated carbocycles. The Morgan fingerprint density at radius 2 is 1.95 bits per heavy atom. The summed E-state index contributed by atoms with van der Waals surface area (Å²) >= 11 is 0. The van der Waals surface area contributed by atoms with Crippen LogP contribution >= 0.6 is 0 Å². The lowest BCUT2D eigenvalue weighted by atomic mass is 10.00. The number of benzene rings is 1. The lowest BCUT2D eigenvalue weighted by Gasteiger charge is -2.14. The van der Waals surface area contributed by atoms with Crippen LogP contribution in [0.4, 0.5) is 8.78 Å². The fourth-order valence-corrected chi connectivity index (χ4v) is 1.93. The molecule has 5 heteroatoms. The fourth-order valence-electron chi connectivity index (χ4n) is 1.93. The van der Waals surface area contributed by atoms with E-state index in [0.29, 0.717) is 17.0 Å². The number of rotatable bonds is 3. The van der Waals surface area contributed by atoms with Crippen LogP contribution in [0.2, 0.25) is 0 Å². The van der Waals surface area contributed by atoms with E-state index in [1.807, 2.05) is 0 Å². The second-order valence-electron chi connectivity index (χ2n) is 4.46. The van der Waals surface area contributed by atoms with Crippen molar-refractivity contribution < 1.29 is 13.9 Å². The Labute approximate surface area is 109 Å². The van der Waals surface area contributed by atoms with Crippen molar-refractivity contribution in [1.29, 1.82) is 0 Å². The van der Waals surface area contributed by atoms with Gasteiger partial charge in [-0.15, -0.1) is 0 Å². The molecule has 1 unspecified atom stereocenters. The predicted molar refractivity (Wildman–Crippen MR) is 66.5 cm³/mol. The van der Waals surface area contributed by atoms with Gasteiger partial charge in [-0.2, -0.15) is 10.2 Å². The first-order chi connectivity index (χ1) is 8.99. The summed E-state index contributed by atoms with van der Waals surface area (Å²) in [4.78, 5) is 0. The molecule has 1 atom stereocenters. The number of aliphatic hydroxyl groups is 1. The van der Waals surface area contributed by atoms with E-state index in [1.54, 1.807) is 19.9 Å². The molecule has 0 fully saturated rings. The number of aromatic nitrogens is 2. The van der Waals surface area contributed by atoms with Gasteiger partial charge in [-0.3, -0.25) is 0 Å². The SMILES string of the molecule is Cc1cc(C(O)Cc2cccc(F)c2F)c(C)nn1. The van der Waals surface area contributed by atoms with Crippen molar-refractivity contribution in [3.63, 3.8) is 0 Å². The van der Waals surface area contributed by atoms with Gasteiger partial charge in [-0.05, 0) is 31.5 Å². The molecule has 1 N–H and O–H groups in total. The minimum absolute atomic E-state index is 0.00440. The average molecular weight is 264 g/mol. The van der Waals surface area contributed by atoms with Gasteiger partial charge in [0, 0.05) is 12.0 Å². The summed E-state index contributed by atoms with van der Waals surface area (Å²) in [7, 11) is 0. The van der Waals surface area contributed by atoms with Gasteiger partial charge >= 0.3 is 0 Å². The molecule has 0 bridgehead atoms. The molecule has 0 aliphatic carbocycles. The van der Waals surface area contributed by atoms with Crippen LogP contribution in [0.1, 0.15) is 28.6 Å². The Balaban J connectivity index is 2.28. The summed E-state index contributed by atoms with van der Waals surface area (Å²) in [5, 5.41) is 17.9. The smallest absolute Gasteiger partial charge is 0.162 e. The van der Waals surface area contributed by atoms with Crippen LogP contribution in [0.25, 0.3) is 0 Å². The molecule has 1 aromatic heterocycles. The van der Waals surface area contributed by atoms with Crippen molar-refractivity contribution >= 4 is 0 Å². The summed E-state index contributed by atoms with van der Waals surface area (Å²) in [5.41, 5.74) is 1.96. The maximum Gasteiger partial charge on any atom is 0.162 e. The third-order valence-electron chi connectivity index (χ3n) is 2.94. The van der Waals surface area contributed by atoms with Crippen molar-refractivity contribution in [3.8, 4) is 0 Å². The van der Waals surface area contributed by atoms with Crippen molar-refractivity contribution in [2.45, 2.75) is 26.4 Å². The van der Waals surface area contributed by atoms with E-state index in [-0.39, 0.29) is 12.0 Å². The zero-order valence-electron chi connectivity index (χ0n) is 10.7. The molecule has 100 valence electrons. The summed E-state index contributed by atoms with van der Waals surface area (Å²) in [6, 6.07) is 5.63. The van der Waals surface area contributed by atoms with Crippen LogP contribution in [0.3, 0.4) is 0 Å². The van der Waals surface area contributed by atoms with E-state index >= 15 is 0 Å². The van der Waals surface area contributed by atoms with Gasteiger partial charge in [-0.25, -0.2) is 8.78 Å². The number of hydrogen-bond donors (Lipinski definition) is 1. The third kappa shape index (κ3) is 2.93. The standard InChI is InChI=1S/C14H14F2N2O/c1-8-6-11(9(2)18-17-8)13(19)7-10-4-3-5-12(15)14(10)16/h3-6,13,19H,7H2,1-2H3. The highest BCUT2D eigenvalue weighted by Crippen LogP contribution is 2.23. The van der Waals surface area contributed by atoms with E-state index in [1.165, 1.54) is 12.1 Å². The molecule has 0 aliphatic heterocycles. The molecule has 1 aromatic carbocycles. The minimum atomic E-state index is -0.939. The lowest BCUT2D eigenvalue weighted by molar-refractivity contribution is 0.175. The van der Waals surface area contributed by atoms with E-state index in [9.17, 15) is 13.9 Å². The molecule has 0 amide bonds. The van der Waals surface area contributed by atoms with Crippen LogP contribution in [0, 0.1) is 25.5 Å². The Morgan fingerprint density at radius 1 is 1.21 bits per heavy atom. The molecule has 1 heterocycles. The Morgan fingerprint density at radius 3 is 2.68 bits per heavy atom. The van der Waals surface area contributed by atoms with Crippen LogP contribution < -0.4 is 0 Å². The van der Waals surface area contributed by atoms with Crippen LogP contribution in [-0.2, 0) is 6.42 Å². The van der Waals surface area contributed by atoms with Crippen molar-refractivity contribution in [2.24, 2.45) is 0 Å². The molecule has 0 spiro atoms. The minimum Gasteiger partial charge on any atom is -0.388 e. The zero-order valence-corrected chi connectivity index (χ0v) is 10.7. The highest BCUT2D eigenvalue weighted by atomic mass is 19.2. The first kappa shape index (κ1) is 13.5. The predicted octanol–water partition coefficient (Wildman–Crippen LogP) is 2.65. The fraction of sp³-hybridized carbons (Fsp3) is 0.286. The molecule has 0 aliphatic rings. The molecular formula is C14H14F2N2O. The molecule has 2 rings (SSSR count). The summed E-state index contributed by atoms with van der Waals surface area (Å²) in [6.45, 7) is 3.47. The highest BCUT2D eigenvalue weighted by Gasteiger charge is 2.16. The van der Waals surface area contributed by atoms with Gasteiger partial charge < -0.3 is 5.11 Å². The van der Waals surface area contributed by atoms with Crippen LogP contribution in [0.15, 0.2) is 24.3 Å². The lowest BCUT2D eigenvalue weighted by Crippen LogP contribution is -2.08. The van der Waals surface area contributed by atoms with Gasteiger partial charge in [0.25, 0.3) is 0 Å². The number of aryl methyl sites for hydroxylation is 2. The summed E-state index contributed by atoms with van der Waals surface area (Å²) < 4.78 is 26.6. The molecule has 2 aromatic rings. The normalized spacial score (nSPS) is 12.5. The van der Waals surface area contributed by atoms with Gasteiger partial charge in [0.15, 0.2) is 11.6 Å². The van der Waals surface area contributed by atoms with E-state index in [4.69, 9.17) is 0 Å². The van der Waals surface area contributed by atoms with Gasteiger partial charge in [-0.1, -0.05) is 12.1 Å². The van der Waals surface area contributed by atoms with Gasteiger partial charge in [0.2, 0.25) is 0 Å². The summed E-state index contributed by atoms with van der Waals surface area (Å²) in [6.07, 6.45) is -0.944. The number of halogens is 2. The second-order valence-corrected chi connectivity index (χ2v) is 4.46. The second kappa shape index (κ2) is 5.40. The third-order valence-corrected chi connectivity index (χ3v) is 2.94. The molecule has 0 saturated heterocycles. The number of nitrogens with zero attached hydrogens (tertiary/aromatic N) is 2. The van der Waals surface area contributed by atoms with Crippen LogP contribution in [0.5, 0.6) is 0 Å². The zero-order chi connectivity index (χ0) is 14.0. The Hall–Kier alpha value is -1.88. The Bertz CT molecular complexity index is 602. The average Bonchev–Trinajstić information content (AvgIpc) is 2.38. The first-order valence-corrected chi connectivity index (χ1v) is 5.91. The Kier molecular flexibility index (Phi) is 3.85. The van der Waals surface area contributed by atoms with Crippen molar-refractivity contribution in [3.05, 3.63) is 58.4 Å². The maximum absolute atomic E-state index is 13.5. The monoisotopic (exact) mass is 264 g/mol. The molecular weight excluding hydrogens is 250 g/mol. The molecule has 0 radical (unpaired) electrons. The van der Waals surface area contributed by atoms with Gasteiger partial charge in [0.1, 0.15) is 0 Å². The maximum atomic E-state index is 13.5. The largest absolute Gasteiger partial charge is 0.388 e. The number of aliphatic hydroxyl groups excluding tert-OH is 1. The van der Waals surface area contributed by atoms with E-state index < -0.39 is 17.7 Å². The van der Waals surface area contributed by atoms with Crippen molar-refractivity contribution in [1.82, 2.24) is 10.2 Å².